The Balaban J connectivity index is 1.82. The number of aromatic nitrogens is 4. The highest BCUT2D eigenvalue weighted by atomic mass is 16.3. The Bertz CT molecular complexity index is 715. The Morgan fingerprint density at radius 2 is 2.00 bits per heavy atom. The van der Waals surface area contributed by atoms with Crippen LogP contribution in [0.4, 0.5) is 0 Å². The highest BCUT2D eigenvalue weighted by molar-refractivity contribution is 5.77. The van der Waals surface area contributed by atoms with E-state index >= 15 is 0 Å². The third kappa shape index (κ3) is 2.44. The first-order valence-corrected chi connectivity index (χ1v) is 6.71. The molecule has 0 radical (unpaired) electrons. The molecule has 1 N–H and O–H groups in total. The first-order valence-electron chi connectivity index (χ1n) is 6.71. The molecule has 0 unspecified atom stereocenters. The van der Waals surface area contributed by atoms with Crippen molar-refractivity contribution in [2.45, 2.75) is 33.0 Å². The Labute approximate surface area is 117 Å². The Morgan fingerprint density at radius 1 is 1.20 bits per heavy atom. The van der Waals surface area contributed by atoms with Crippen molar-refractivity contribution in [3.05, 3.63) is 48.0 Å². The zero-order valence-electron chi connectivity index (χ0n) is 11.7. The third-order valence-electron chi connectivity index (χ3n) is 3.60. The van der Waals surface area contributed by atoms with Gasteiger partial charge in [0.25, 0.3) is 0 Å². The van der Waals surface area contributed by atoms with Crippen molar-refractivity contribution in [1.29, 1.82) is 0 Å². The van der Waals surface area contributed by atoms with Gasteiger partial charge in [-0.1, -0.05) is 0 Å². The molecule has 0 aliphatic carbocycles. The van der Waals surface area contributed by atoms with E-state index in [0.29, 0.717) is 13.1 Å². The predicted molar refractivity (Wildman–Crippen MR) is 77.4 cm³/mol. The topological polar surface area (TPSA) is 55.9 Å². The lowest BCUT2D eigenvalue weighted by Gasteiger charge is -2.12. The van der Waals surface area contributed by atoms with Crippen molar-refractivity contribution < 1.29 is 5.11 Å². The van der Waals surface area contributed by atoms with Crippen LogP contribution < -0.4 is 0 Å². The van der Waals surface area contributed by atoms with Gasteiger partial charge in [0.2, 0.25) is 0 Å². The van der Waals surface area contributed by atoms with Crippen molar-refractivity contribution in [3.63, 3.8) is 0 Å². The van der Waals surface area contributed by atoms with E-state index in [1.165, 1.54) is 11.1 Å². The van der Waals surface area contributed by atoms with Crippen LogP contribution in [0.2, 0.25) is 0 Å². The molecule has 3 aromatic rings. The highest BCUT2D eigenvalue weighted by Gasteiger charge is 2.10. The maximum atomic E-state index is 10.2. The second-order valence-electron chi connectivity index (χ2n) is 5.20. The number of imidazole rings is 1. The molecule has 20 heavy (non-hydrogen) atoms. The number of rotatable bonds is 4. The number of aryl methyl sites for hydroxylation is 2. The van der Waals surface area contributed by atoms with E-state index in [4.69, 9.17) is 0 Å². The van der Waals surface area contributed by atoms with E-state index in [1.54, 1.807) is 17.2 Å². The number of benzene rings is 1. The largest absolute Gasteiger partial charge is 0.389 e. The average molecular weight is 270 g/mol. The van der Waals surface area contributed by atoms with Crippen molar-refractivity contribution in [3.8, 4) is 0 Å². The van der Waals surface area contributed by atoms with Crippen LogP contribution >= 0.6 is 0 Å². The average Bonchev–Trinajstić information content (AvgIpc) is 3.02. The van der Waals surface area contributed by atoms with Gasteiger partial charge >= 0.3 is 0 Å². The summed E-state index contributed by atoms with van der Waals surface area (Å²) in [5, 5.41) is 14.3. The van der Waals surface area contributed by atoms with Gasteiger partial charge in [0.1, 0.15) is 0 Å². The molecule has 0 aliphatic heterocycles. The lowest BCUT2D eigenvalue weighted by Crippen LogP contribution is -2.22. The van der Waals surface area contributed by atoms with Crippen LogP contribution in [0.5, 0.6) is 0 Å². The summed E-state index contributed by atoms with van der Waals surface area (Å²) in [6.07, 6.45) is 4.86. The van der Waals surface area contributed by atoms with Crippen molar-refractivity contribution in [1.82, 2.24) is 19.3 Å². The van der Waals surface area contributed by atoms with Gasteiger partial charge in [-0.25, -0.2) is 4.98 Å². The SMILES string of the molecule is Cc1cc2ncn(C[C@@H](O)Cn3cccn3)c2cc1C. The minimum Gasteiger partial charge on any atom is -0.389 e. The quantitative estimate of drug-likeness (QED) is 0.788. The fourth-order valence-electron chi connectivity index (χ4n) is 2.37. The van der Waals surface area contributed by atoms with Crippen LogP contribution in [0.15, 0.2) is 36.9 Å². The van der Waals surface area contributed by atoms with Crippen LogP contribution in [0, 0.1) is 13.8 Å². The molecule has 5 nitrogen and oxygen atoms in total. The van der Waals surface area contributed by atoms with Crippen molar-refractivity contribution in [2.24, 2.45) is 0 Å². The van der Waals surface area contributed by atoms with E-state index < -0.39 is 6.10 Å². The molecule has 104 valence electrons. The maximum absolute atomic E-state index is 10.2. The fourth-order valence-corrected chi connectivity index (χ4v) is 2.37. The molecule has 2 aromatic heterocycles. The molecule has 0 spiro atoms. The summed E-state index contributed by atoms with van der Waals surface area (Å²) in [5.41, 5.74) is 4.51. The van der Waals surface area contributed by atoms with E-state index in [9.17, 15) is 5.11 Å². The summed E-state index contributed by atoms with van der Waals surface area (Å²) >= 11 is 0. The predicted octanol–water partition coefficient (Wildman–Crippen LogP) is 1.91. The maximum Gasteiger partial charge on any atom is 0.0959 e. The minimum atomic E-state index is -0.492. The van der Waals surface area contributed by atoms with Crippen molar-refractivity contribution >= 4 is 11.0 Å². The molecule has 0 bridgehead atoms. The highest BCUT2D eigenvalue weighted by Crippen LogP contribution is 2.18. The second kappa shape index (κ2) is 5.09. The zero-order chi connectivity index (χ0) is 14.1. The smallest absolute Gasteiger partial charge is 0.0959 e. The van der Waals surface area contributed by atoms with Crippen molar-refractivity contribution in [2.75, 3.05) is 0 Å². The van der Waals surface area contributed by atoms with E-state index in [2.05, 4.69) is 36.1 Å². The van der Waals surface area contributed by atoms with Gasteiger partial charge < -0.3 is 9.67 Å². The summed E-state index contributed by atoms with van der Waals surface area (Å²) in [4.78, 5) is 4.40. The van der Waals surface area contributed by atoms with Gasteiger partial charge in [0, 0.05) is 12.4 Å². The number of fused-ring (bicyclic) bond motifs is 1. The lowest BCUT2D eigenvalue weighted by atomic mass is 10.1. The van der Waals surface area contributed by atoms with Gasteiger partial charge in [-0.05, 0) is 43.2 Å². The van der Waals surface area contributed by atoms with Gasteiger partial charge in [0.15, 0.2) is 0 Å². The van der Waals surface area contributed by atoms with Crippen LogP contribution in [-0.2, 0) is 13.1 Å². The summed E-state index contributed by atoms with van der Waals surface area (Å²) in [5.74, 6) is 0. The fraction of sp³-hybridized carbons (Fsp3) is 0.333. The number of aliphatic hydroxyl groups excluding tert-OH is 1. The van der Waals surface area contributed by atoms with Gasteiger partial charge in [0.05, 0.1) is 36.6 Å². The summed E-state index contributed by atoms with van der Waals surface area (Å²) < 4.78 is 3.73. The molecule has 0 amide bonds. The molecule has 3 rings (SSSR count). The number of nitrogens with zero attached hydrogens (tertiary/aromatic N) is 4. The van der Waals surface area contributed by atoms with Gasteiger partial charge in [-0.15, -0.1) is 0 Å². The summed E-state index contributed by atoms with van der Waals surface area (Å²) in [7, 11) is 0. The van der Waals surface area contributed by atoms with Crippen LogP contribution in [0.25, 0.3) is 11.0 Å². The number of hydrogen-bond donors (Lipinski definition) is 1. The van der Waals surface area contributed by atoms with Crippen LogP contribution in [0.1, 0.15) is 11.1 Å². The molecular formula is C15H18N4O. The molecule has 0 saturated carbocycles. The first kappa shape index (κ1) is 12.9. The zero-order valence-corrected chi connectivity index (χ0v) is 11.7. The standard InChI is InChI=1S/C15H18N4O/c1-11-6-14-15(7-12(11)2)18(10-16-14)8-13(20)9-19-5-3-4-17-19/h3-7,10,13,20H,8-9H2,1-2H3/t13-/m1/s1. The normalized spacial score (nSPS) is 12.9. The Morgan fingerprint density at radius 3 is 2.75 bits per heavy atom. The molecular weight excluding hydrogens is 252 g/mol. The monoisotopic (exact) mass is 270 g/mol. The first-order chi connectivity index (χ1) is 9.63. The number of aliphatic hydroxyl groups is 1. The Hall–Kier alpha value is -2.14. The van der Waals surface area contributed by atoms with E-state index in [1.807, 2.05) is 16.8 Å². The van der Waals surface area contributed by atoms with Gasteiger partial charge in [-0.3, -0.25) is 4.68 Å². The molecule has 0 aliphatic rings. The molecule has 0 fully saturated rings. The van der Waals surface area contributed by atoms with Crippen LogP contribution in [-0.4, -0.2) is 30.5 Å². The van der Waals surface area contributed by atoms with Gasteiger partial charge in [-0.2, -0.15) is 5.10 Å². The Kier molecular flexibility index (Phi) is 3.28. The van der Waals surface area contributed by atoms with Crippen LogP contribution in [0.3, 0.4) is 0 Å². The third-order valence-corrected chi connectivity index (χ3v) is 3.60. The van der Waals surface area contributed by atoms with E-state index in [-0.39, 0.29) is 0 Å². The lowest BCUT2D eigenvalue weighted by molar-refractivity contribution is 0.131. The second-order valence-corrected chi connectivity index (χ2v) is 5.20. The molecule has 1 atom stereocenters. The minimum absolute atomic E-state index is 0.484. The summed E-state index contributed by atoms with van der Waals surface area (Å²) in [6.45, 7) is 5.17. The summed E-state index contributed by atoms with van der Waals surface area (Å²) in [6, 6.07) is 6.06. The molecule has 5 heteroatoms. The molecule has 0 saturated heterocycles. The molecule has 2 heterocycles. The molecule has 1 aromatic carbocycles. The number of hydrogen-bond acceptors (Lipinski definition) is 3. The van der Waals surface area contributed by atoms with E-state index in [0.717, 1.165) is 11.0 Å².